The minimum Gasteiger partial charge on any atom is -0.326 e. The minimum atomic E-state index is 0.336. The van der Waals surface area contributed by atoms with Crippen LogP contribution in [-0.2, 0) is 0 Å². The molecule has 0 aromatic heterocycles. The molecule has 1 rings (SSSR count). The Kier molecular flexibility index (Phi) is 4.90. The summed E-state index contributed by atoms with van der Waals surface area (Å²) in [6.07, 6.45) is 5.27. The van der Waals surface area contributed by atoms with E-state index in [1.807, 2.05) is 0 Å². The predicted octanol–water partition coefficient (Wildman–Crippen LogP) is 2.14. The third-order valence-corrected chi connectivity index (χ3v) is 3.57. The highest BCUT2D eigenvalue weighted by Crippen LogP contribution is 2.34. The first kappa shape index (κ1) is 12.0. The lowest BCUT2D eigenvalue weighted by molar-refractivity contribution is 0.413. The average molecular weight is 198 g/mol. The van der Waals surface area contributed by atoms with Gasteiger partial charge in [-0.3, -0.25) is 0 Å². The second kappa shape index (κ2) is 5.72. The Morgan fingerprint density at radius 3 is 2.71 bits per heavy atom. The molecule has 0 spiro atoms. The molecule has 0 amide bonds. The largest absolute Gasteiger partial charge is 0.326 e. The highest BCUT2D eigenvalue weighted by molar-refractivity contribution is 4.93. The maximum Gasteiger partial charge on any atom is 0.0191 e. The van der Waals surface area contributed by atoms with Crippen molar-refractivity contribution < 1.29 is 0 Å². The monoisotopic (exact) mass is 198 g/mol. The van der Waals surface area contributed by atoms with Crippen LogP contribution in [0.3, 0.4) is 0 Å². The molecular formula is C12H26N2. The van der Waals surface area contributed by atoms with Gasteiger partial charge in [0.15, 0.2) is 0 Å². The second-order valence-electron chi connectivity index (χ2n) is 4.85. The Bertz CT molecular complexity index is 158. The van der Waals surface area contributed by atoms with Crippen molar-refractivity contribution in [2.24, 2.45) is 17.6 Å². The quantitative estimate of drug-likeness (QED) is 0.658. The van der Waals surface area contributed by atoms with Gasteiger partial charge < -0.3 is 11.1 Å². The molecule has 0 aromatic rings. The first-order valence-electron chi connectivity index (χ1n) is 6.18. The van der Waals surface area contributed by atoms with Gasteiger partial charge in [0.1, 0.15) is 0 Å². The van der Waals surface area contributed by atoms with Crippen molar-refractivity contribution in [1.82, 2.24) is 5.32 Å². The van der Waals surface area contributed by atoms with E-state index in [9.17, 15) is 0 Å². The zero-order chi connectivity index (χ0) is 10.6. The third kappa shape index (κ3) is 3.58. The van der Waals surface area contributed by atoms with Crippen LogP contribution in [-0.4, -0.2) is 18.6 Å². The molecule has 0 radical (unpaired) electrons. The molecule has 0 heterocycles. The summed E-state index contributed by atoms with van der Waals surface area (Å²) in [6, 6.07) is 1.12. The number of nitrogens with one attached hydrogen (secondary N) is 1. The standard InChI is InChI=1S/C12H26N2/c1-4-6-10-7-12(10)14-8-11(13)9(3)5-2/h9-12,14H,4-8,13H2,1-3H3. The van der Waals surface area contributed by atoms with Gasteiger partial charge in [-0.25, -0.2) is 0 Å². The van der Waals surface area contributed by atoms with E-state index in [4.69, 9.17) is 5.73 Å². The maximum atomic E-state index is 6.06. The van der Waals surface area contributed by atoms with E-state index in [1.165, 1.54) is 25.7 Å². The summed E-state index contributed by atoms with van der Waals surface area (Å²) in [5, 5.41) is 3.58. The molecule has 4 atom stereocenters. The van der Waals surface area contributed by atoms with Crippen molar-refractivity contribution in [2.75, 3.05) is 6.54 Å². The van der Waals surface area contributed by atoms with E-state index in [-0.39, 0.29) is 0 Å². The zero-order valence-electron chi connectivity index (χ0n) is 9.92. The number of hydrogen-bond donors (Lipinski definition) is 2. The molecular weight excluding hydrogens is 172 g/mol. The fourth-order valence-corrected chi connectivity index (χ4v) is 1.98. The van der Waals surface area contributed by atoms with Crippen LogP contribution < -0.4 is 11.1 Å². The van der Waals surface area contributed by atoms with E-state index in [0.717, 1.165) is 18.5 Å². The molecule has 0 saturated heterocycles. The van der Waals surface area contributed by atoms with Gasteiger partial charge in [0.05, 0.1) is 0 Å². The number of hydrogen-bond acceptors (Lipinski definition) is 2. The highest BCUT2D eigenvalue weighted by atomic mass is 15.0. The summed E-state index contributed by atoms with van der Waals surface area (Å²) >= 11 is 0. The van der Waals surface area contributed by atoms with Crippen molar-refractivity contribution in [3.05, 3.63) is 0 Å². The highest BCUT2D eigenvalue weighted by Gasteiger charge is 2.35. The molecule has 84 valence electrons. The van der Waals surface area contributed by atoms with Crippen LogP contribution in [0.4, 0.5) is 0 Å². The molecule has 1 saturated carbocycles. The summed E-state index contributed by atoms with van der Waals surface area (Å²) in [7, 11) is 0. The summed E-state index contributed by atoms with van der Waals surface area (Å²) in [5.74, 6) is 1.59. The lowest BCUT2D eigenvalue weighted by Crippen LogP contribution is -2.39. The molecule has 1 aliphatic rings. The Hall–Kier alpha value is -0.0800. The second-order valence-corrected chi connectivity index (χ2v) is 4.85. The van der Waals surface area contributed by atoms with Crippen LogP contribution in [0.2, 0.25) is 0 Å². The van der Waals surface area contributed by atoms with Gasteiger partial charge in [-0.15, -0.1) is 0 Å². The van der Waals surface area contributed by atoms with Crippen molar-refractivity contribution >= 4 is 0 Å². The van der Waals surface area contributed by atoms with E-state index in [2.05, 4.69) is 26.1 Å². The van der Waals surface area contributed by atoms with Crippen LogP contribution in [0.5, 0.6) is 0 Å². The molecule has 3 N–H and O–H groups in total. The lowest BCUT2D eigenvalue weighted by atomic mass is 10.0. The van der Waals surface area contributed by atoms with Gasteiger partial charge in [-0.1, -0.05) is 33.6 Å². The van der Waals surface area contributed by atoms with E-state index in [1.54, 1.807) is 0 Å². The van der Waals surface area contributed by atoms with Crippen molar-refractivity contribution in [2.45, 2.75) is 58.5 Å². The maximum absolute atomic E-state index is 6.06. The Balaban J connectivity index is 2.04. The molecule has 0 bridgehead atoms. The van der Waals surface area contributed by atoms with Gasteiger partial charge in [0.25, 0.3) is 0 Å². The van der Waals surface area contributed by atoms with Crippen molar-refractivity contribution in [3.63, 3.8) is 0 Å². The molecule has 2 heteroatoms. The van der Waals surface area contributed by atoms with Gasteiger partial charge in [0, 0.05) is 18.6 Å². The first-order valence-corrected chi connectivity index (χ1v) is 6.18. The van der Waals surface area contributed by atoms with Gasteiger partial charge in [0.2, 0.25) is 0 Å². The zero-order valence-corrected chi connectivity index (χ0v) is 9.92. The van der Waals surface area contributed by atoms with Gasteiger partial charge >= 0.3 is 0 Å². The van der Waals surface area contributed by atoms with Gasteiger partial charge in [-0.05, 0) is 24.7 Å². The Morgan fingerprint density at radius 2 is 2.14 bits per heavy atom. The van der Waals surface area contributed by atoms with Gasteiger partial charge in [-0.2, -0.15) is 0 Å². The van der Waals surface area contributed by atoms with Crippen LogP contribution in [0.1, 0.15) is 46.5 Å². The van der Waals surface area contributed by atoms with Crippen LogP contribution >= 0.6 is 0 Å². The fourth-order valence-electron chi connectivity index (χ4n) is 1.98. The van der Waals surface area contributed by atoms with E-state index < -0.39 is 0 Å². The van der Waals surface area contributed by atoms with Crippen LogP contribution in [0, 0.1) is 11.8 Å². The SMILES string of the molecule is CCCC1CC1NCC(N)C(C)CC. The average Bonchev–Trinajstić information content (AvgIpc) is 2.92. The molecule has 0 aliphatic heterocycles. The molecule has 2 nitrogen and oxygen atoms in total. The smallest absolute Gasteiger partial charge is 0.0191 e. The van der Waals surface area contributed by atoms with E-state index >= 15 is 0 Å². The third-order valence-electron chi connectivity index (χ3n) is 3.57. The topological polar surface area (TPSA) is 38.0 Å². The summed E-state index contributed by atoms with van der Waals surface area (Å²) in [4.78, 5) is 0. The van der Waals surface area contributed by atoms with Crippen molar-refractivity contribution in [1.29, 1.82) is 0 Å². The molecule has 1 fully saturated rings. The minimum absolute atomic E-state index is 0.336. The summed E-state index contributed by atoms with van der Waals surface area (Å²) in [5.41, 5.74) is 6.06. The lowest BCUT2D eigenvalue weighted by Gasteiger charge is -2.18. The fraction of sp³-hybridized carbons (Fsp3) is 1.00. The van der Waals surface area contributed by atoms with Crippen LogP contribution in [0.25, 0.3) is 0 Å². The first-order chi connectivity index (χ1) is 6.69. The molecule has 14 heavy (non-hydrogen) atoms. The predicted molar refractivity (Wildman–Crippen MR) is 62.2 cm³/mol. The van der Waals surface area contributed by atoms with E-state index in [0.29, 0.717) is 12.0 Å². The Morgan fingerprint density at radius 1 is 1.43 bits per heavy atom. The Labute approximate surface area is 88.6 Å². The number of nitrogens with two attached hydrogens (primary N) is 1. The van der Waals surface area contributed by atoms with Crippen molar-refractivity contribution in [3.8, 4) is 0 Å². The normalized spacial score (nSPS) is 30.0. The molecule has 0 aromatic carbocycles. The number of rotatable bonds is 7. The summed E-state index contributed by atoms with van der Waals surface area (Å²) in [6.45, 7) is 7.71. The molecule has 4 unspecified atom stereocenters. The molecule has 1 aliphatic carbocycles. The van der Waals surface area contributed by atoms with Crippen LogP contribution in [0.15, 0.2) is 0 Å². The summed E-state index contributed by atoms with van der Waals surface area (Å²) < 4.78 is 0.